The van der Waals surface area contributed by atoms with Gasteiger partial charge in [-0.05, 0) is 24.3 Å². The minimum absolute atomic E-state index is 0.0630. The van der Waals surface area contributed by atoms with Gasteiger partial charge in [-0.25, -0.2) is 5.84 Å². The Bertz CT molecular complexity index is 493. The number of amides is 1. The van der Waals surface area contributed by atoms with Crippen molar-refractivity contribution in [2.24, 2.45) is 16.8 Å². The zero-order valence-electron chi connectivity index (χ0n) is 11.6. The Morgan fingerprint density at radius 2 is 2.10 bits per heavy atom. The molecule has 1 atom stereocenters. The fourth-order valence-corrected chi connectivity index (χ4v) is 2.10. The molecule has 0 bridgehead atoms. The Balaban J connectivity index is 2.04. The number of morpholine rings is 1. The summed E-state index contributed by atoms with van der Waals surface area (Å²) in [5.74, 6) is 5.82. The molecule has 1 saturated heterocycles. The number of nitrogens with zero attached hydrogens (tertiary/aromatic N) is 3. The first-order valence-electron chi connectivity index (χ1n) is 6.68. The summed E-state index contributed by atoms with van der Waals surface area (Å²) in [4.78, 5) is 23.9. The van der Waals surface area contributed by atoms with Gasteiger partial charge in [0.25, 0.3) is 5.91 Å². The molecular formula is C13H19N5O3. The highest BCUT2D eigenvalue weighted by atomic mass is 16.5. The van der Waals surface area contributed by atoms with E-state index in [1.54, 1.807) is 17.0 Å². The second kappa shape index (κ2) is 7.11. The Kier molecular flexibility index (Phi) is 5.20. The summed E-state index contributed by atoms with van der Waals surface area (Å²) >= 11 is 0. The van der Waals surface area contributed by atoms with Gasteiger partial charge >= 0.3 is 0 Å². The molecule has 1 aromatic carbocycles. The highest BCUT2D eigenvalue weighted by molar-refractivity contribution is 5.95. The van der Waals surface area contributed by atoms with Crippen molar-refractivity contribution >= 4 is 17.3 Å². The van der Waals surface area contributed by atoms with Crippen LogP contribution in [0.4, 0.5) is 11.4 Å². The van der Waals surface area contributed by atoms with Crippen molar-refractivity contribution in [1.29, 1.82) is 0 Å². The van der Waals surface area contributed by atoms with Gasteiger partial charge in [0, 0.05) is 18.8 Å². The number of rotatable bonds is 6. The summed E-state index contributed by atoms with van der Waals surface area (Å²) in [6, 6.07) is 6.65. The molecule has 1 aliphatic heterocycles. The fraction of sp³-hybridized carbons (Fsp3) is 0.462. The lowest BCUT2D eigenvalue weighted by atomic mass is 10.2. The van der Waals surface area contributed by atoms with E-state index in [0.29, 0.717) is 13.2 Å². The molecule has 0 spiro atoms. The Hall–Kier alpha value is -2.03. The first kappa shape index (κ1) is 15.4. The van der Waals surface area contributed by atoms with Gasteiger partial charge in [0.2, 0.25) is 0 Å². The largest absolute Gasteiger partial charge is 0.370 e. The molecule has 114 valence electrons. The average Bonchev–Trinajstić information content (AvgIpc) is 2.53. The molecule has 8 nitrogen and oxygen atoms in total. The van der Waals surface area contributed by atoms with Crippen molar-refractivity contribution in [3.8, 4) is 0 Å². The van der Waals surface area contributed by atoms with Crippen LogP contribution in [0, 0.1) is 4.91 Å². The third-order valence-corrected chi connectivity index (χ3v) is 3.31. The van der Waals surface area contributed by atoms with Gasteiger partial charge < -0.3 is 20.4 Å². The van der Waals surface area contributed by atoms with E-state index in [4.69, 9.17) is 16.3 Å². The van der Waals surface area contributed by atoms with E-state index in [1.165, 1.54) is 5.01 Å². The van der Waals surface area contributed by atoms with Crippen molar-refractivity contribution < 1.29 is 9.53 Å². The molecule has 2 rings (SSSR count). The van der Waals surface area contributed by atoms with Crippen LogP contribution in [0.15, 0.2) is 29.4 Å². The van der Waals surface area contributed by atoms with Crippen LogP contribution in [-0.4, -0.2) is 44.8 Å². The van der Waals surface area contributed by atoms with E-state index in [0.717, 1.165) is 11.4 Å². The van der Waals surface area contributed by atoms with E-state index in [9.17, 15) is 9.70 Å². The van der Waals surface area contributed by atoms with Crippen molar-refractivity contribution in [2.75, 3.05) is 42.8 Å². The number of hydrazine groups is 1. The third-order valence-electron chi connectivity index (χ3n) is 3.31. The van der Waals surface area contributed by atoms with E-state index >= 15 is 0 Å². The SMILES string of the molecule is NC[C@H](CN(N)c1ccc(N2CCOCC2=O)cc1)N=O. The highest BCUT2D eigenvalue weighted by Gasteiger charge is 2.20. The van der Waals surface area contributed by atoms with Crippen LogP contribution in [0.3, 0.4) is 0 Å². The molecule has 0 radical (unpaired) electrons. The van der Waals surface area contributed by atoms with Gasteiger partial charge in [0.1, 0.15) is 12.6 Å². The van der Waals surface area contributed by atoms with E-state index in [-0.39, 0.29) is 25.6 Å². The molecule has 0 unspecified atom stereocenters. The molecule has 1 aromatic rings. The maximum absolute atomic E-state index is 11.7. The molecule has 1 heterocycles. The minimum Gasteiger partial charge on any atom is -0.370 e. The van der Waals surface area contributed by atoms with E-state index in [1.807, 2.05) is 12.1 Å². The van der Waals surface area contributed by atoms with Crippen LogP contribution in [0.1, 0.15) is 0 Å². The van der Waals surface area contributed by atoms with Crippen LogP contribution >= 0.6 is 0 Å². The van der Waals surface area contributed by atoms with E-state index in [2.05, 4.69) is 5.18 Å². The number of hydrogen-bond donors (Lipinski definition) is 2. The topological polar surface area (TPSA) is 114 Å². The predicted octanol–water partition coefficient (Wildman–Crippen LogP) is -0.176. The van der Waals surface area contributed by atoms with Gasteiger partial charge in [-0.3, -0.25) is 4.79 Å². The van der Waals surface area contributed by atoms with Crippen molar-refractivity contribution in [2.45, 2.75) is 6.04 Å². The number of anilines is 2. The summed E-state index contributed by atoms with van der Waals surface area (Å²) < 4.78 is 5.09. The fourth-order valence-electron chi connectivity index (χ4n) is 2.10. The van der Waals surface area contributed by atoms with Gasteiger partial charge in [0.05, 0.1) is 18.8 Å². The Morgan fingerprint density at radius 1 is 1.38 bits per heavy atom. The summed E-state index contributed by atoms with van der Waals surface area (Å²) in [5, 5.41) is 4.33. The van der Waals surface area contributed by atoms with Gasteiger partial charge in [0.15, 0.2) is 0 Å². The second-order valence-corrected chi connectivity index (χ2v) is 4.76. The lowest BCUT2D eigenvalue weighted by Crippen LogP contribution is -2.42. The number of carbonyl (C=O) groups excluding carboxylic acids is 1. The maximum atomic E-state index is 11.7. The van der Waals surface area contributed by atoms with Crippen LogP contribution in [0.2, 0.25) is 0 Å². The molecule has 1 amide bonds. The zero-order chi connectivity index (χ0) is 15.2. The Labute approximate surface area is 122 Å². The summed E-state index contributed by atoms with van der Waals surface area (Å²) in [5.41, 5.74) is 6.93. The third kappa shape index (κ3) is 3.75. The summed E-state index contributed by atoms with van der Waals surface area (Å²) in [6.07, 6.45) is 0. The molecule has 4 N–H and O–H groups in total. The molecule has 1 aliphatic rings. The van der Waals surface area contributed by atoms with Crippen molar-refractivity contribution in [1.82, 2.24) is 0 Å². The highest BCUT2D eigenvalue weighted by Crippen LogP contribution is 2.21. The number of benzene rings is 1. The number of carbonyl (C=O) groups is 1. The van der Waals surface area contributed by atoms with Gasteiger partial charge in [-0.1, -0.05) is 5.18 Å². The van der Waals surface area contributed by atoms with Crippen molar-refractivity contribution in [3.63, 3.8) is 0 Å². The first-order valence-corrected chi connectivity index (χ1v) is 6.68. The van der Waals surface area contributed by atoms with Gasteiger partial charge in [-0.2, -0.15) is 4.91 Å². The van der Waals surface area contributed by atoms with Crippen LogP contribution in [0.25, 0.3) is 0 Å². The molecule has 8 heteroatoms. The first-order chi connectivity index (χ1) is 10.2. The quantitative estimate of drug-likeness (QED) is 0.427. The minimum atomic E-state index is -0.546. The molecule has 0 aromatic heterocycles. The zero-order valence-corrected chi connectivity index (χ0v) is 11.6. The molecular weight excluding hydrogens is 274 g/mol. The predicted molar refractivity (Wildman–Crippen MR) is 79.8 cm³/mol. The van der Waals surface area contributed by atoms with Gasteiger partial charge in [-0.15, -0.1) is 0 Å². The summed E-state index contributed by atoms with van der Waals surface area (Å²) in [7, 11) is 0. The monoisotopic (exact) mass is 293 g/mol. The summed E-state index contributed by atoms with van der Waals surface area (Å²) in [6.45, 7) is 1.57. The molecule has 1 fully saturated rings. The number of ether oxygens (including phenoxy) is 1. The van der Waals surface area contributed by atoms with E-state index < -0.39 is 6.04 Å². The average molecular weight is 293 g/mol. The lowest BCUT2D eigenvalue weighted by Gasteiger charge is -2.27. The maximum Gasteiger partial charge on any atom is 0.253 e. The Morgan fingerprint density at radius 3 is 2.67 bits per heavy atom. The lowest BCUT2D eigenvalue weighted by molar-refractivity contribution is -0.125. The van der Waals surface area contributed by atoms with Crippen LogP contribution < -0.4 is 21.5 Å². The number of nitrogens with two attached hydrogens (primary N) is 2. The second-order valence-electron chi connectivity index (χ2n) is 4.76. The molecule has 0 aliphatic carbocycles. The number of hydrogen-bond acceptors (Lipinski definition) is 7. The molecule has 21 heavy (non-hydrogen) atoms. The normalized spacial score (nSPS) is 16.7. The van der Waals surface area contributed by atoms with Crippen LogP contribution in [-0.2, 0) is 9.53 Å². The van der Waals surface area contributed by atoms with Crippen LogP contribution in [0.5, 0.6) is 0 Å². The molecule has 0 saturated carbocycles. The van der Waals surface area contributed by atoms with Crippen molar-refractivity contribution in [3.05, 3.63) is 29.2 Å². The standard InChI is InChI=1S/C13H19N5O3/c14-7-10(16-20)8-18(15)12-3-1-11(2-4-12)17-5-6-21-9-13(17)19/h1-4,10H,5-9,14-15H2/t10-/m1/s1. The number of nitroso groups, excluding NO2 is 1. The smallest absolute Gasteiger partial charge is 0.253 e.